The summed E-state index contributed by atoms with van der Waals surface area (Å²) in [5, 5.41) is 0. The Labute approximate surface area is 105 Å². The lowest BCUT2D eigenvalue weighted by Crippen LogP contribution is -2.50. The molecular formula is C14H26N2O. The monoisotopic (exact) mass is 238 g/mol. The van der Waals surface area contributed by atoms with E-state index in [-0.39, 0.29) is 5.92 Å². The number of hydrogen-bond acceptors (Lipinski definition) is 2. The molecule has 3 heteroatoms. The minimum atomic E-state index is 0.248. The van der Waals surface area contributed by atoms with Gasteiger partial charge in [0.2, 0.25) is 5.91 Å². The van der Waals surface area contributed by atoms with Crippen LogP contribution in [0.5, 0.6) is 0 Å². The second kappa shape index (κ2) is 5.38. The zero-order chi connectivity index (χ0) is 12.4. The van der Waals surface area contributed by atoms with Crippen molar-refractivity contribution < 1.29 is 4.79 Å². The highest BCUT2D eigenvalue weighted by Gasteiger charge is 2.34. The maximum absolute atomic E-state index is 12.6. The van der Waals surface area contributed by atoms with Crippen molar-refractivity contribution in [3.8, 4) is 0 Å². The van der Waals surface area contributed by atoms with Crippen molar-refractivity contribution in [3.05, 3.63) is 0 Å². The zero-order valence-corrected chi connectivity index (χ0v) is 11.2. The molecule has 2 atom stereocenters. The fraction of sp³-hybridized carbons (Fsp3) is 0.929. The number of carbonyl (C=O) groups excluding carboxylic acids is 1. The molecular weight excluding hydrogens is 212 g/mol. The molecule has 17 heavy (non-hydrogen) atoms. The lowest BCUT2D eigenvalue weighted by Gasteiger charge is -2.42. The van der Waals surface area contributed by atoms with Gasteiger partial charge in [-0.2, -0.15) is 0 Å². The van der Waals surface area contributed by atoms with E-state index < -0.39 is 0 Å². The van der Waals surface area contributed by atoms with Crippen LogP contribution in [-0.4, -0.2) is 28.9 Å². The molecule has 2 fully saturated rings. The molecule has 1 saturated carbocycles. The summed E-state index contributed by atoms with van der Waals surface area (Å²) >= 11 is 0. The van der Waals surface area contributed by atoms with Crippen molar-refractivity contribution in [1.82, 2.24) is 4.90 Å². The molecule has 2 aliphatic rings. The predicted molar refractivity (Wildman–Crippen MR) is 69.6 cm³/mol. The van der Waals surface area contributed by atoms with Gasteiger partial charge in [0.1, 0.15) is 0 Å². The standard InChI is InChI=1S/C14H26N2O/c1-10-4-3-5-11(2)16(10)14(17)12-6-8-13(15)9-7-12/h10-13H,3-9,15H2,1-2H3. The number of likely N-dealkylation sites (tertiary alicyclic amines) is 1. The minimum absolute atomic E-state index is 0.248. The van der Waals surface area contributed by atoms with Gasteiger partial charge in [-0.15, -0.1) is 0 Å². The van der Waals surface area contributed by atoms with Gasteiger partial charge in [-0.3, -0.25) is 4.79 Å². The van der Waals surface area contributed by atoms with Gasteiger partial charge in [0.15, 0.2) is 0 Å². The SMILES string of the molecule is CC1CCCC(C)N1C(=O)C1CCC(N)CC1. The topological polar surface area (TPSA) is 46.3 Å². The second-order valence-electron chi connectivity index (χ2n) is 5.99. The fourth-order valence-electron chi connectivity index (χ4n) is 3.43. The molecule has 1 saturated heterocycles. The largest absolute Gasteiger partial charge is 0.337 e. The van der Waals surface area contributed by atoms with E-state index in [1.54, 1.807) is 0 Å². The van der Waals surface area contributed by atoms with Crippen LogP contribution in [0, 0.1) is 5.92 Å². The summed E-state index contributed by atoms with van der Waals surface area (Å²) in [5.74, 6) is 0.648. The van der Waals surface area contributed by atoms with Gasteiger partial charge in [-0.25, -0.2) is 0 Å². The van der Waals surface area contributed by atoms with Gasteiger partial charge in [0.25, 0.3) is 0 Å². The van der Waals surface area contributed by atoms with E-state index in [0.717, 1.165) is 25.7 Å². The number of rotatable bonds is 1. The highest BCUT2D eigenvalue weighted by Crippen LogP contribution is 2.30. The Morgan fingerprint density at radius 2 is 1.53 bits per heavy atom. The Morgan fingerprint density at radius 1 is 1.00 bits per heavy atom. The summed E-state index contributed by atoms with van der Waals surface area (Å²) in [6.07, 6.45) is 7.64. The first-order chi connectivity index (χ1) is 8.09. The van der Waals surface area contributed by atoms with Gasteiger partial charge >= 0.3 is 0 Å². The zero-order valence-electron chi connectivity index (χ0n) is 11.2. The van der Waals surface area contributed by atoms with E-state index in [1.165, 1.54) is 19.3 Å². The van der Waals surface area contributed by atoms with Crippen LogP contribution < -0.4 is 5.73 Å². The van der Waals surface area contributed by atoms with Crippen LogP contribution in [0.25, 0.3) is 0 Å². The van der Waals surface area contributed by atoms with Crippen LogP contribution >= 0.6 is 0 Å². The quantitative estimate of drug-likeness (QED) is 0.762. The van der Waals surface area contributed by atoms with Crippen molar-refractivity contribution >= 4 is 5.91 Å². The van der Waals surface area contributed by atoms with Gasteiger partial charge in [0, 0.05) is 24.0 Å². The number of piperidine rings is 1. The minimum Gasteiger partial charge on any atom is -0.337 e. The van der Waals surface area contributed by atoms with E-state index in [4.69, 9.17) is 5.73 Å². The van der Waals surface area contributed by atoms with E-state index in [2.05, 4.69) is 18.7 Å². The molecule has 2 rings (SSSR count). The van der Waals surface area contributed by atoms with Gasteiger partial charge in [0.05, 0.1) is 0 Å². The van der Waals surface area contributed by atoms with Gasteiger partial charge in [-0.1, -0.05) is 0 Å². The Balaban J connectivity index is 1.98. The maximum atomic E-state index is 12.6. The first-order valence-electron chi connectivity index (χ1n) is 7.17. The summed E-state index contributed by atoms with van der Waals surface area (Å²) in [6.45, 7) is 4.39. The molecule has 1 aliphatic heterocycles. The van der Waals surface area contributed by atoms with Crippen LogP contribution in [0.4, 0.5) is 0 Å². The Hall–Kier alpha value is -0.570. The third-order valence-electron chi connectivity index (χ3n) is 4.57. The summed E-state index contributed by atoms with van der Waals surface area (Å²) in [5.41, 5.74) is 5.91. The molecule has 1 heterocycles. The van der Waals surface area contributed by atoms with Gasteiger partial charge in [-0.05, 0) is 58.8 Å². The molecule has 1 amide bonds. The molecule has 0 aromatic carbocycles. The number of amides is 1. The maximum Gasteiger partial charge on any atom is 0.226 e. The lowest BCUT2D eigenvalue weighted by atomic mass is 9.84. The first kappa shape index (κ1) is 12.9. The van der Waals surface area contributed by atoms with Crippen molar-refractivity contribution in [2.24, 2.45) is 11.7 Å². The molecule has 0 bridgehead atoms. The van der Waals surface area contributed by atoms with E-state index >= 15 is 0 Å². The summed E-state index contributed by atoms with van der Waals surface area (Å²) in [6, 6.07) is 1.19. The third kappa shape index (κ3) is 2.82. The highest BCUT2D eigenvalue weighted by atomic mass is 16.2. The Bertz CT molecular complexity index is 261. The van der Waals surface area contributed by atoms with Crippen LogP contribution in [0.1, 0.15) is 58.8 Å². The Morgan fingerprint density at radius 3 is 2.06 bits per heavy atom. The van der Waals surface area contributed by atoms with Crippen molar-refractivity contribution in [2.45, 2.75) is 76.9 Å². The average Bonchev–Trinajstić information content (AvgIpc) is 2.29. The molecule has 3 nitrogen and oxygen atoms in total. The normalized spacial score (nSPS) is 39.1. The predicted octanol–water partition coefficient (Wildman–Crippen LogP) is 2.29. The molecule has 1 aliphatic carbocycles. The molecule has 2 unspecified atom stereocenters. The molecule has 0 spiro atoms. The van der Waals surface area contributed by atoms with Crippen LogP contribution in [0.3, 0.4) is 0 Å². The van der Waals surface area contributed by atoms with E-state index in [0.29, 0.717) is 24.0 Å². The smallest absolute Gasteiger partial charge is 0.226 e. The lowest BCUT2D eigenvalue weighted by molar-refractivity contribution is -0.142. The Kier molecular flexibility index (Phi) is 4.08. The molecule has 0 aromatic rings. The number of hydrogen-bond donors (Lipinski definition) is 1. The highest BCUT2D eigenvalue weighted by molar-refractivity contribution is 5.79. The molecule has 2 N–H and O–H groups in total. The first-order valence-corrected chi connectivity index (χ1v) is 7.17. The van der Waals surface area contributed by atoms with Crippen LogP contribution in [-0.2, 0) is 4.79 Å². The molecule has 0 aromatic heterocycles. The van der Waals surface area contributed by atoms with Crippen molar-refractivity contribution in [2.75, 3.05) is 0 Å². The molecule has 98 valence electrons. The summed E-state index contributed by atoms with van der Waals surface area (Å²) in [7, 11) is 0. The number of nitrogens with zero attached hydrogens (tertiary/aromatic N) is 1. The van der Waals surface area contributed by atoms with Crippen molar-refractivity contribution in [1.29, 1.82) is 0 Å². The van der Waals surface area contributed by atoms with Crippen LogP contribution in [0.2, 0.25) is 0 Å². The number of carbonyl (C=O) groups is 1. The van der Waals surface area contributed by atoms with Gasteiger partial charge < -0.3 is 10.6 Å². The number of nitrogens with two attached hydrogens (primary N) is 1. The van der Waals surface area contributed by atoms with Crippen LogP contribution in [0.15, 0.2) is 0 Å². The van der Waals surface area contributed by atoms with E-state index in [1.807, 2.05) is 0 Å². The second-order valence-corrected chi connectivity index (χ2v) is 5.99. The summed E-state index contributed by atoms with van der Waals surface area (Å²) < 4.78 is 0. The molecule has 0 radical (unpaired) electrons. The van der Waals surface area contributed by atoms with Crippen molar-refractivity contribution in [3.63, 3.8) is 0 Å². The average molecular weight is 238 g/mol. The summed E-state index contributed by atoms with van der Waals surface area (Å²) in [4.78, 5) is 14.7. The van der Waals surface area contributed by atoms with E-state index in [9.17, 15) is 4.79 Å². The third-order valence-corrected chi connectivity index (χ3v) is 4.57. The fourth-order valence-corrected chi connectivity index (χ4v) is 3.43.